The molecule has 0 fully saturated rings. The van der Waals surface area contributed by atoms with Gasteiger partial charge in [0.05, 0.1) is 6.61 Å². The third kappa shape index (κ3) is 10.9. The van der Waals surface area contributed by atoms with E-state index in [-0.39, 0.29) is 47.3 Å². The summed E-state index contributed by atoms with van der Waals surface area (Å²) in [6, 6.07) is 0. The standard InChI is InChI=1S/C4H8O2.Pr/c1-3-6-4(2)5;/h3H2,1-2H3;. The zero-order chi connectivity index (χ0) is 4.99. The Morgan fingerprint density at radius 2 is 2.14 bits per heavy atom. The molecule has 0 aromatic rings. The molecule has 39 valence electrons. The molecule has 0 aromatic heterocycles. The van der Waals surface area contributed by atoms with Crippen molar-refractivity contribution in [3.05, 3.63) is 0 Å². The average molecular weight is 229 g/mol. The Kier molecular flexibility index (Phi) is 10.5. The van der Waals surface area contributed by atoms with Crippen molar-refractivity contribution in [1.82, 2.24) is 0 Å². The summed E-state index contributed by atoms with van der Waals surface area (Å²) in [5.41, 5.74) is 0. The van der Waals surface area contributed by atoms with Gasteiger partial charge in [-0.3, -0.25) is 4.79 Å². The SMILES string of the molecule is CCOC(C)=O.[Pr]. The number of esters is 1. The number of carbonyl (C=O) groups is 1. The van der Waals surface area contributed by atoms with E-state index in [0.29, 0.717) is 6.61 Å². The zero-order valence-electron chi connectivity index (χ0n) is 4.60. The van der Waals surface area contributed by atoms with Gasteiger partial charge in [-0.2, -0.15) is 0 Å². The van der Waals surface area contributed by atoms with E-state index in [0.717, 1.165) is 0 Å². The number of rotatable bonds is 1. The third-order valence-corrected chi connectivity index (χ3v) is 0.348. The van der Waals surface area contributed by atoms with Gasteiger partial charge in [-0.25, -0.2) is 0 Å². The molecule has 1 radical (unpaired) electrons. The normalized spacial score (nSPS) is 6.57. The van der Waals surface area contributed by atoms with E-state index in [1.807, 2.05) is 0 Å². The summed E-state index contributed by atoms with van der Waals surface area (Å²) in [7, 11) is 0. The molecule has 2 nitrogen and oxygen atoms in total. The average Bonchev–Trinajstić information content (AvgIpc) is 1.35. The van der Waals surface area contributed by atoms with Gasteiger partial charge in [0.1, 0.15) is 0 Å². The molecular formula is C4H8O2Pr. The van der Waals surface area contributed by atoms with Gasteiger partial charge in [0, 0.05) is 48.2 Å². The summed E-state index contributed by atoms with van der Waals surface area (Å²) in [6.45, 7) is 3.65. The van der Waals surface area contributed by atoms with Crippen LogP contribution < -0.4 is 0 Å². The van der Waals surface area contributed by atoms with Crippen molar-refractivity contribution in [2.75, 3.05) is 6.61 Å². The van der Waals surface area contributed by atoms with E-state index in [1.54, 1.807) is 6.92 Å². The van der Waals surface area contributed by atoms with Crippen LogP contribution in [0, 0.1) is 41.3 Å². The molecule has 0 heterocycles. The molecule has 0 bridgehead atoms. The Bertz CT molecular complexity index is 53.7. The fraction of sp³-hybridized carbons (Fsp3) is 0.750. The number of carbonyl (C=O) groups excluding carboxylic acids is 1. The van der Waals surface area contributed by atoms with Crippen molar-refractivity contribution in [3.8, 4) is 0 Å². The molecule has 0 unspecified atom stereocenters. The first-order valence-electron chi connectivity index (χ1n) is 1.90. The predicted molar refractivity (Wildman–Crippen MR) is 22.3 cm³/mol. The fourth-order valence-corrected chi connectivity index (χ4v) is 0.203. The predicted octanol–water partition coefficient (Wildman–Crippen LogP) is 0.569. The smallest absolute Gasteiger partial charge is 0.302 e. The molecule has 0 aliphatic rings. The number of hydrogen-bond acceptors (Lipinski definition) is 2. The van der Waals surface area contributed by atoms with Crippen LogP contribution in [0.1, 0.15) is 13.8 Å². The van der Waals surface area contributed by atoms with E-state index in [4.69, 9.17) is 0 Å². The second kappa shape index (κ2) is 6.83. The summed E-state index contributed by atoms with van der Waals surface area (Å²) in [5, 5.41) is 0. The molecule has 0 aliphatic carbocycles. The Morgan fingerprint density at radius 3 is 2.14 bits per heavy atom. The monoisotopic (exact) mass is 229 g/mol. The van der Waals surface area contributed by atoms with Crippen molar-refractivity contribution in [2.24, 2.45) is 0 Å². The van der Waals surface area contributed by atoms with Crippen LogP contribution in [-0.2, 0) is 9.53 Å². The maximum Gasteiger partial charge on any atom is 0.302 e. The summed E-state index contributed by atoms with van der Waals surface area (Å²) in [6.07, 6.45) is 0. The minimum Gasteiger partial charge on any atom is -0.466 e. The maximum atomic E-state index is 9.82. The van der Waals surface area contributed by atoms with E-state index in [1.165, 1.54) is 6.92 Å². The molecule has 0 rings (SSSR count). The van der Waals surface area contributed by atoms with Gasteiger partial charge in [-0.1, -0.05) is 0 Å². The second-order valence-corrected chi connectivity index (χ2v) is 0.925. The molecular weight excluding hydrogens is 221 g/mol. The van der Waals surface area contributed by atoms with E-state index < -0.39 is 0 Å². The Hall–Kier alpha value is 0.834. The summed E-state index contributed by atoms with van der Waals surface area (Å²) in [4.78, 5) is 9.82. The topological polar surface area (TPSA) is 26.3 Å². The zero-order valence-corrected chi connectivity index (χ0v) is 8.31. The first kappa shape index (κ1) is 10.7. The molecule has 0 aliphatic heterocycles. The van der Waals surface area contributed by atoms with Crippen LogP contribution in [0.2, 0.25) is 0 Å². The first-order chi connectivity index (χ1) is 2.77. The minimum atomic E-state index is -0.211. The van der Waals surface area contributed by atoms with Crippen LogP contribution in [0.3, 0.4) is 0 Å². The van der Waals surface area contributed by atoms with Gasteiger partial charge < -0.3 is 4.74 Å². The molecule has 0 spiro atoms. The third-order valence-electron chi connectivity index (χ3n) is 0.348. The van der Waals surface area contributed by atoms with Crippen LogP contribution >= 0.6 is 0 Å². The molecule has 0 amide bonds. The van der Waals surface area contributed by atoms with Gasteiger partial charge in [0.15, 0.2) is 0 Å². The first-order valence-corrected chi connectivity index (χ1v) is 1.90. The summed E-state index contributed by atoms with van der Waals surface area (Å²) in [5.74, 6) is -0.211. The van der Waals surface area contributed by atoms with Crippen LogP contribution in [-0.4, -0.2) is 12.6 Å². The summed E-state index contributed by atoms with van der Waals surface area (Å²) < 4.78 is 4.40. The van der Waals surface area contributed by atoms with Gasteiger partial charge in [0.2, 0.25) is 0 Å². The second-order valence-electron chi connectivity index (χ2n) is 0.925. The van der Waals surface area contributed by atoms with Crippen LogP contribution in [0.5, 0.6) is 0 Å². The number of ether oxygens (including phenoxy) is 1. The van der Waals surface area contributed by atoms with Crippen LogP contribution in [0.25, 0.3) is 0 Å². The molecule has 0 atom stereocenters. The van der Waals surface area contributed by atoms with Gasteiger partial charge in [-0.15, -0.1) is 0 Å². The molecule has 7 heavy (non-hydrogen) atoms. The van der Waals surface area contributed by atoms with Crippen molar-refractivity contribution >= 4 is 5.97 Å². The van der Waals surface area contributed by atoms with E-state index in [9.17, 15) is 4.79 Å². The minimum absolute atomic E-state index is 0. The van der Waals surface area contributed by atoms with Gasteiger partial charge >= 0.3 is 5.97 Å². The van der Waals surface area contributed by atoms with Crippen LogP contribution in [0.4, 0.5) is 0 Å². The molecule has 0 saturated heterocycles. The largest absolute Gasteiger partial charge is 0.466 e. The van der Waals surface area contributed by atoms with Gasteiger partial charge in [0.25, 0.3) is 0 Å². The number of hydrogen-bond donors (Lipinski definition) is 0. The van der Waals surface area contributed by atoms with Crippen molar-refractivity contribution in [1.29, 1.82) is 0 Å². The van der Waals surface area contributed by atoms with Crippen molar-refractivity contribution in [2.45, 2.75) is 13.8 Å². The Labute approximate surface area is 76.6 Å². The quantitative estimate of drug-likeness (QED) is 0.614. The Morgan fingerprint density at radius 1 is 1.71 bits per heavy atom. The van der Waals surface area contributed by atoms with E-state index in [2.05, 4.69) is 4.74 Å². The fourth-order valence-electron chi connectivity index (χ4n) is 0.203. The summed E-state index contributed by atoms with van der Waals surface area (Å²) >= 11 is 0. The molecule has 0 aromatic carbocycles. The molecule has 0 saturated carbocycles. The maximum absolute atomic E-state index is 9.82. The van der Waals surface area contributed by atoms with Gasteiger partial charge in [-0.05, 0) is 6.92 Å². The van der Waals surface area contributed by atoms with Crippen molar-refractivity contribution < 1.29 is 50.8 Å². The van der Waals surface area contributed by atoms with Crippen molar-refractivity contribution in [3.63, 3.8) is 0 Å². The molecule has 3 heteroatoms. The van der Waals surface area contributed by atoms with E-state index >= 15 is 0 Å². The molecule has 0 N–H and O–H groups in total. The van der Waals surface area contributed by atoms with Crippen LogP contribution in [0.15, 0.2) is 0 Å². The Balaban J connectivity index is 0.